The zero-order chi connectivity index (χ0) is 13.7. The highest BCUT2D eigenvalue weighted by atomic mass is 35.5. The molecule has 0 bridgehead atoms. The van der Waals surface area contributed by atoms with Gasteiger partial charge in [-0.15, -0.1) is 0 Å². The van der Waals surface area contributed by atoms with E-state index in [0.29, 0.717) is 18.4 Å². The van der Waals surface area contributed by atoms with Gasteiger partial charge in [-0.3, -0.25) is 0 Å². The van der Waals surface area contributed by atoms with Crippen LogP contribution in [0.15, 0.2) is 18.2 Å². The first-order valence-electron chi connectivity index (χ1n) is 6.96. The largest absolute Gasteiger partial charge is 0.396 e. The van der Waals surface area contributed by atoms with Gasteiger partial charge < -0.3 is 10.4 Å². The minimum absolute atomic E-state index is 0.171. The second-order valence-electron chi connectivity index (χ2n) is 5.37. The fraction of sp³-hybridized carbons (Fsp3) is 0.600. The van der Waals surface area contributed by atoms with Gasteiger partial charge in [-0.05, 0) is 48.9 Å². The summed E-state index contributed by atoms with van der Waals surface area (Å²) >= 11 is 5.75. The third kappa shape index (κ3) is 4.16. The van der Waals surface area contributed by atoms with Crippen LogP contribution in [0.3, 0.4) is 0 Å². The minimum Gasteiger partial charge on any atom is -0.396 e. The Morgan fingerprint density at radius 3 is 2.68 bits per heavy atom. The molecule has 0 saturated heterocycles. The maximum atomic E-state index is 13.0. The van der Waals surface area contributed by atoms with E-state index in [0.717, 1.165) is 18.5 Å². The zero-order valence-corrected chi connectivity index (χ0v) is 11.8. The van der Waals surface area contributed by atoms with Crippen LogP contribution in [-0.4, -0.2) is 18.3 Å². The van der Waals surface area contributed by atoms with Gasteiger partial charge in [0.1, 0.15) is 5.82 Å². The fourth-order valence-corrected chi connectivity index (χ4v) is 3.05. The molecule has 0 heterocycles. The predicted molar refractivity (Wildman–Crippen MR) is 75.7 cm³/mol. The molecule has 1 aliphatic carbocycles. The highest BCUT2D eigenvalue weighted by Gasteiger charge is 2.23. The molecular formula is C15H21ClFNO. The Kier molecular flexibility index (Phi) is 5.61. The molecule has 4 heteroatoms. The lowest BCUT2D eigenvalue weighted by Crippen LogP contribution is -2.32. The summed E-state index contributed by atoms with van der Waals surface area (Å²) in [6, 6.07) is 4.81. The Bertz CT molecular complexity index is 413. The first-order valence-corrected chi connectivity index (χ1v) is 7.34. The van der Waals surface area contributed by atoms with E-state index in [1.807, 2.05) is 0 Å². The van der Waals surface area contributed by atoms with Crippen molar-refractivity contribution in [1.29, 1.82) is 0 Å². The van der Waals surface area contributed by atoms with Crippen LogP contribution < -0.4 is 5.32 Å². The monoisotopic (exact) mass is 285 g/mol. The van der Waals surface area contributed by atoms with Crippen molar-refractivity contribution >= 4 is 11.6 Å². The van der Waals surface area contributed by atoms with Crippen molar-refractivity contribution in [2.45, 2.75) is 32.2 Å². The highest BCUT2D eigenvalue weighted by Crippen LogP contribution is 2.29. The van der Waals surface area contributed by atoms with Crippen LogP contribution in [0, 0.1) is 17.7 Å². The Morgan fingerprint density at radius 2 is 2.00 bits per heavy atom. The van der Waals surface area contributed by atoms with E-state index in [1.165, 1.54) is 25.3 Å². The van der Waals surface area contributed by atoms with E-state index in [1.54, 1.807) is 12.1 Å². The number of hydrogen-bond donors (Lipinski definition) is 2. The molecule has 2 rings (SSSR count). The number of benzene rings is 1. The average molecular weight is 286 g/mol. The Morgan fingerprint density at radius 1 is 1.26 bits per heavy atom. The first-order chi connectivity index (χ1) is 9.20. The molecule has 0 aliphatic heterocycles. The highest BCUT2D eigenvalue weighted by molar-refractivity contribution is 6.30. The van der Waals surface area contributed by atoms with Crippen molar-refractivity contribution in [3.8, 4) is 0 Å². The summed E-state index contributed by atoms with van der Waals surface area (Å²) in [5.74, 6) is 0.603. The van der Waals surface area contributed by atoms with Crippen molar-refractivity contribution in [2.75, 3.05) is 13.2 Å². The SMILES string of the molecule is OCC1CCCCC1CNCc1ccc(F)c(Cl)c1. The van der Waals surface area contributed by atoms with Gasteiger partial charge >= 0.3 is 0 Å². The number of aliphatic hydroxyl groups is 1. The molecule has 1 aromatic rings. The molecular weight excluding hydrogens is 265 g/mol. The van der Waals surface area contributed by atoms with E-state index in [-0.39, 0.29) is 17.4 Å². The first kappa shape index (κ1) is 14.8. The molecule has 19 heavy (non-hydrogen) atoms. The summed E-state index contributed by atoms with van der Waals surface area (Å²) in [7, 11) is 0. The van der Waals surface area contributed by atoms with Gasteiger partial charge in [-0.2, -0.15) is 0 Å². The second-order valence-corrected chi connectivity index (χ2v) is 5.77. The molecule has 0 amide bonds. The second kappa shape index (κ2) is 7.22. The molecule has 0 spiro atoms. The molecule has 0 aromatic heterocycles. The van der Waals surface area contributed by atoms with Crippen LogP contribution in [0.25, 0.3) is 0 Å². The van der Waals surface area contributed by atoms with Crippen LogP contribution in [0.4, 0.5) is 4.39 Å². The number of aliphatic hydroxyl groups excluding tert-OH is 1. The standard InChI is InChI=1S/C15H21ClFNO/c16-14-7-11(5-6-15(14)17)8-18-9-12-3-1-2-4-13(12)10-19/h5-7,12-13,18-19H,1-4,8-10H2. The lowest BCUT2D eigenvalue weighted by atomic mass is 9.79. The Balaban J connectivity index is 1.80. The van der Waals surface area contributed by atoms with Gasteiger partial charge in [-0.1, -0.05) is 30.5 Å². The molecule has 0 radical (unpaired) electrons. The van der Waals surface area contributed by atoms with Crippen LogP contribution in [0.2, 0.25) is 5.02 Å². The predicted octanol–water partition coefficient (Wildman–Crippen LogP) is 3.37. The molecule has 2 nitrogen and oxygen atoms in total. The van der Waals surface area contributed by atoms with Crippen molar-refractivity contribution in [3.05, 3.63) is 34.6 Å². The van der Waals surface area contributed by atoms with Crippen LogP contribution in [0.1, 0.15) is 31.2 Å². The van der Waals surface area contributed by atoms with E-state index < -0.39 is 0 Å². The smallest absolute Gasteiger partial charge is 0.141 e. The van der Waals surface area contributed by atoms with Gasteiger partial charge in [0.2, 0.25) is 0 Å². The summed E-state index contributed by atoms with van der Waals surface area (Å²) < 4.78 is 13.0. The lowest BCUT2D eigenvalue weighted by molar-refractivity contribution is 0.133. The number of hydrogen-bond acceptors (Lipinski definition) is 2. The van der Waals surface area contributed by atoms with Gasteiger partial charge in [0.15, 0.2) is 0 Å². The van der Waals surface area contributed by atoms with E-state index in [9.17, 15) is 9.50 Å². The van der Waals surface area contributed by atoms with E-state index >= 15 is 0 Å². The average Bonchev–Trinajstić information content (AvgIpc) is 2.43. The summed E-state index contributed by atoms with van der Waals surface area (Å²) in [4.78, 5) is 0. The minimum atomic E-state index is -0.377. The van der Waals surface area contributed by atoms with Crippen molar-refractivity contribution in [2.24, 2.45) is 11.8 Å². The third-order valence-corrected chi connectivity index (χ3v) is 4.31. The molecule has 1 aliphatic rings. The van der Waals surface area contributed by atoms with Crippen LogP contribution >= 0.6 is 11.6 Å². The topological polar surface area (TPSA) is 32.3 Å². The molecule has 2 unspecified atom stereocenters. The molecule has 2 atom stereocenters. The molecule has 1 aromatic carbocycles. The molecule has 106 valence electrons. The van der Waals surface area contributed by atoms with E-state index in [4.69, 9.17) is 11.6 Å². The molecule has 2 N–H and O–H groups in total. The number of halogens is 2. The van der Waals surface area contributed by atoms with Gasteiger partial charge in [0.05, 0.1) is 5.02 Å². The summed E-state index contributed by atoms with van der Waals surface area (Å²) in [5.41, 5.74) is 0.989. The molecule has 1 fully saturated rings. The number of nitrogens with one attached hydrogen (secondary N) is 1. The summed E-state index contributed by atoms with van der Waals surface area (Å²) in [5, 5.41) is 12.9. The Labute approximate surface area is 119 Å². The Hall–Kier alpha value is -0.640. The fourth-order valence-electron chi connectivity index (χ4n) is 2.85. The van der Waals surface area contributed by atoms with Crippen molar-refractivity contribution in [1.82, 2.24) is 5.32 Å². The quantitative estimate of drug-likeness (QED) is 0.869. The lowest BCUT2D eigenvalue weighted by Gasteiger charge is -2.30. The zero-order valence-electron chi connectivity index (χ0n) is 11.0. The maximum absolute atomic E-state index is 13.0. The summed E-state index contributed by atoms with van der Waals surface area (Å²) in [6.07, 6.45) is 4.80. The van der Waals surface area contributed by atoms with Gasteiger partial charge in [-0.25, -0.2) is 4.39 Å². The summed E-state index contributed by atoms with van der Waals surface area (Å²) in [6.45, 7) is 1.88. The van der Waals surface area contributed by atoms with Crippen LogP contribution in [0.5, 0.6) is 0 Å². The normalized spacial score (nSPS) is 23.5. The van der Waals surface area contributed by atoms with Crippen molar-refractivity contribution < 1.29 is 9.50 Å². The van der Waals surface area contributed by atoms with Gasteiger partial charge in [0, 0.05) is 13.2 Å². The molecule has 1 saturated carbocycles. The van der Waals surface area contributed by atoms with E-state index in [2.05, 4.69) is 5.32 Å². The van der Waals surface area contributed by atoms with Gasteiger partial charge in [0.25, 0.3) is 0 Å². The maximum Gasteiger partial charge on any atom is 0.141 e. The van der Waals surface area contributed by atoms with Crippen molar-refractivity contribution in [3.63, 3.8) is 0 Å². The third-order valence-electron chi connectivity index (χ3n) is 4.02. The van der Waals surface area contributed by atoms with Crippen LogP contribution in [-0.2, 0) is 6.54 Å². The number of rotatable bonds is 5.